The summed E-state index contributed by atoms with van der Waals surface area (Å²) in [6, 6.07) is 14.0. The Bertz CT molecular complexity index is 753. The largest absolute Gasteiger partial charge is 0.494 e. The first kappa shape index (κ1) is 19.2. The highest BCUT2D eigenvalue weighted by atomic mass is 16.5. The molecule has 0 bridgehead atoms. The average Bonchev–Trinajstić information content (AvgIpc) is 2.68. The fourth-order valence-corrected chi connectivity index (χ4v) is 3.29. The SMILES string of the molecule is CCOc1ccc(CCC(=O)Nc2ccc(N3CCOCC3)c(C)c2)cc1. The van der Waals surface area contributed by atoms with Crippen molar-refractivity contribution in [3.8, 4) is 5.75 Å². The van der Waals surface area contributed by atoms with E-state index in [2.05, 4.69) is 23.2 Å². The third-order valence-corrected chi connectivity index (χ3v) is 4.71. The lowest BCUT2D eigenvalue weighted by Gasteiger charge is -2.30. The summed E-state index contributed by atoms with van der Waals surface area (Å²) in [4.78, 5) is 14.6. The van der Waals surface area contributed by atoms with Crippen molar-refractivity contribution in [2.45, 2.75) is 26.7 Å². The molecular weight excluding hydrogens is 340 g/mol. The van der Waals surface area contributed by atoms with Crippen LogP contribution in [0.15, 0.2) is 42.5 Å². The van der Waals surface area contributed by atoms with Crippen LogP contribution in [-0.2, 0) is 16.0 Å². The molecule has 5 heteroatoms. The third kappa shape index (κ3) is 5.47. The van der Waals surface area contributed by atoms with Crippen LogP contribution in [-0.4, -0.2) is 38.8 Å². The van der Waals surface area contributed by atoms with E-state index in [0.29, 0.717) is 19.4 Å². The summed E-state index contributed by atoms with van der Waals surface area (Å²) in [5.41, 5.74) is 4.36. The summed E-state index contributed by atoms with van der Waals surface area (Å²) in [6.45, 7) is 8.07. The normalized spacial score (nSPS) is 14.1. The lowest BCUT2D eigenvalue weighted by molar-refractivity contribution is -0.116. The van der Waals surface area contributed by atoms with Crippen LogP contribution >= 0.6 is 0 Å². The molecule has 144 valence electrons. The maximum atomic E-state index is 12.3. The Balaban J connectivity index is 1.52. The van der Waals surface area contributed by atoms with Crippen LogP contribution < -0.4 is 15.0 Å². The highest BCUT2D eigenvalue weighted by Gasteiger charge is 2.14. The number of morpholine rings is 1. The summed E-state index contributed by atoms with van der Waals surface area (Å²) in [5, 5.41) is 3.01. The van der Waals surface area contributed by atoms with Crippen molar-refractivity contribution < 1.29 is 14.3 Å². The number of hydrogen-bond acceptors (Lipinski definition) is 4. The lowest BCUT2D eigenvalue weighted by Crippen LogP contribution is -2.36. The van der Waals surface area contributed by atoms with E-state index >= 15 is 0 Å². The number of nitrogens with one attached hydrogen (secondary N) is 1. The van der Waals surface area contributed by atoms with Crippen LogP contribution in [0, 0.1) is 6.92 Å². The van der Waals surface area contributed by atoms with Gasteiger partial charge in [-0.3, -0.25) is 4.79 Å². The molecule has 0 unspecified atom stereocenters. The molecule has 27 heavy (non-hydrogen) atoms. The minimum absolute atomic E-state index is 0.0300. The van der Waals surface area contributed by atoms with Crippen LogP contribution in [0.4, 0.5) is 11.4 Å². The van der Waals surface area contributed by atoms with Gasteiger partial charge in [0.1, 0.15) is 5.75 Å². The number of rotatable bonds is 7. The van der Waals surface area contributed by atoms with Crippen molar-refractivity contribution in [1.82, 2.24) is 0 Å². The molecule has 0 spiro atoms. The molecule has 2 aromatic carbocycles. The van der Waals surface area contributed by atoms with Crippen molar-refractivity contribution in [3.05, 3.63) is 53.6 Å². The van der Waals surface area contributed by atoms with E-state index in [9.17, 15) is 4.79 Å². The Morgan fingerprint density at radius 1 is 1.15 bits per heavy atom. The van der Waals surface area contributed by atoms with E-state index in [1.807, 2.05) is 43.3 Å². The number of benzene rings is 2. The van der Waals surface area contributed by atoms with Crippen molar-refractivity contribution in [2.75, 3.05) is 43.1 Å². The Labute approximate surface area is 161 Å². The Kier molecular flexibility index (Phi) is 6.71. The maximum Gasteiger partial charge on any atom is 0.224 e. The van der Waals surface area contributed by atoms with E-state index in [1.54, 1.807) is 0 Å². The molecule has 3 rings (SSSR count). The zero-order valence-corrected chi connectivity index (χ0v) is 16.2. The minimum atomic E-state index is 0.0300. The highest BCUT2D eigenvalue weighted by Crippen LogP contribution is 2.24. The zero-order chi connectivity index (χ0) is 19.1. The minimum Gasteiger partial charge on any atom is -0.494 e. The first-order valence-corrected chi connectivity index (χ1v) is 9.60. The molecule has 0 aliphatic carbocycles. The van der Waals surface area contributed by atoms with E-state index in [-0.39, 0.29) is 5.91 Å². The molecule has 0 radical (unpaired) electrons. The second-order valence-corrected chi connectivity index (χ2v) is 6.73. The van der Waals surface area contributed by atoms with E-state index < -0.39 is 0 Å². The number of aryl methyl sites for hydroxylation is 2. The smallest absolute Gasteiger partial charge is 0.224 e. The molecule has 1 aliphatic rings. The quantitative estimate of drug-likeness (QED) is 0.808. The number of ether oxygens (including phenoxy) is 2. The van der Waals surface area contributed by atoms with Crippen molar-refractivity contribution in [2.24, 2.45) is 0 Å². The van der Waals surface area contributed by atoms with Gasteiger partial charge in [-0.1, -0.05) is 12.1 Å². The fourth-order valence-electron chi connectivity index (χ4n) is 3.29. The van der Waals surface area contributed by atoms with Crippen LogP contribution in [0.5, 0.6) is 5.75 Å². The van der Waals surface area contributed by atoms with Gasteiger partial charge < -0.3 is 19.7 Å². The Morgan fingerprint density at radius 3 is 2.56 bits per heavy atom. The standard InChI is InChI=1S/C22H28N2O3/c1-3-27-20-8-4-18(5-9-20)6-11-22(25)23-19-7-10-21(17(2)16-19)24-12-14-26-15-13-24/h4-5,7-10,16H,3,6,11-15H2,1-2H3,(H,23,25). The summed E-state index contributed by atoms with van der Waals surface area (Å²) in [6.07, 6.45) is 1.17. The van der Waals surface area contributed by atoms with Crippen LogP contribution in [0.2, 0.25) is 0 Å². The monoisotopic (exact) mass is 368 g/mol. The number of carbonyl (C=O) groups excluding carboxylic acids is 1. The zero-order valence-electron chi connectivity index (χ0n) is 16.2. The molecular formula is C22H28N2O3. The van der Waals surface area contributed by atoms with Crippen LogP contribution in [0.25, 0.3) is 0 Å². The second kappa shape index (κ2) is 9.42. The molecule has 1 saturated heterocycles. The molecule has 0 saturated carbocycles. The molecule has 2 aromatic rings. The van der Waals surface area contributed by atoms with Crippen molar-refractivity contribution >= 4 is 17.3 Å². The number of anilines is 2. The molecule has 5 nitrogen and oxygen atoms in total. The van der Waals surface area contributed by atoms with E-state index in [0.717, 1.165) is 43.3 Å². The summed E-state index contributed by atoms with van der Waals surface area (Å²) >= 11 is 0. The third-order valence-electron chi connectivity index (χ3n) is 4.71. The second-order valence-electron chi connectivity index (χ2n) is 6.73. The van der Waals surface area contributed by atoms with E-state index in [4.69, 9.17) is 9.47 Å². The van der Waals surface area contributed by atoms with Crippen LogP contribution in [0.1, 0.15) is 24.5 Å². The summed E-state index contributed by atoms with van der Waals surface area (Å²) < 4.78 is 10.9. The number of carbonyl (C=O) groups is 1. The van der Waals surface area contributed by atoms with E-state index in [1.165, 1.54) is 11.3 Å². The van der Waals surface area contributed by atoms with Crippen molar-refractivity contribution in [1.29, 1.82) is 0 Å². The van der Waals surface area contributed by atoms with Gasteiger partial charge in [0, 0.05) is 30.9 Å². The predicted molar refractivity (Wildman–Crippen MR) is 109 cm³/mol. The summed E-state index contributed by atoms with van der Waals surface area (Å²) in [7, 11) is 0. The molecule has 0 aromatic heterocycles. The molecule has 1 N–H and O–H groups in total. The van der Waals surface area contributed by atoms with Gasteiger partial charge in [0.25, 0.3) is 0 Å². The first-order chi connectivity index (χ1) is 13.2. The molecule has 0 atom stereocenters. The fraction of sp³-hybridized carbons (Fsp3) is 0.409. The van der Waals surface area contributed by atoms with Gasteiger partial charge in [-0.05, 0) is 61.7 Å². The number of nitrogens with zero attached hydrogens (tertiary/aromatic N) is 1. The van der Waals surface area contributed by atoms with Gasteiger partial charge in [0.2, 0.25) is 5.91 Å². The van der Waals surface area contributed by atoms with Gasteiger partial charge >= 0.3 is 0 Å². The van der Waals surface area contributed by atoms with Gasteiger partial charge in [0.05, 0.1) is 19.8 Å². The highest BCUT2D eigenvalue weighted by molar-refractivity contribution is 5.91. The van der Waals surface area contributed by atoms with Gasteiger partial charge in [-0.25, -0.2) is 0 Å². The molecule has 1 amide bonds. The predicted octanol–water partition coefficient (Wildman–Crippen LogP) is 3.80. The first-order valence-electron chi connectivity index (χ1n) is 9.60. The van der Waals surface area contributed by atoms with Gasteiger partial charge in [0.15, 0.2) is 0 Å². The Hall–Kier alpha value is -2.53. The molecule has 1 fully saturated rings. The molecule has 1 heterocycles. The molecule has 1 aliphatic heterocycles. The van der Waals surface area contributed by atoms with Crippen LogP contribution in [0.3, 0.4) is 0 Å². The van der Waals surface area contributed by atoms with Crippen molar-refractivity contribution in [3.63, 3.8) is 0 Å². The lowest BCUT2D eigenvalue weighted by atomic mass is 10.1. The summed E-state index contributed by atoms with van der Waals surface area (Å²) in [5.74, 6) is 0.893. The number of hydrogen-bond donors (Lipinski definition) is 1. The number of amides is 1. The maximum absolute atomic E-state index is 12.3. The van der Waals surface area contributed by atoms with Gasteiger partial charge in [-0.15, -0.1) is 0 Å². The van der Waals surface area contributed by atoms with Gasteiger partial charge in [-0.2, -0.15) is 0 Å². The average molecular weight is 368 g/mol. The topological polar surface area (TPSA) is 50.8 Å². The Morgan fingerprint density at radius 2 is 1.89 bits per heavy atom.